The molecule has 0 unspecified atom stereocenters. The highest BCUT2D eigenvalue weighted by Crippen LogP contribution is 2.21. The van der Waals surface area contributed by atoms with Crippen LogP contribution in [0.25, 0.3) is 0 Å². The second-order valence-corrected chi connectivity index (χ2v) is 6.26. The van der Waals surface area contributed by atoms with Crippen LogP contribution in [0, 0.1) is 5.82 Å². The average Bonchev–Trinajstić information content (AvgIpc) is 3.09. The summed E-state index contributed by atoms with van der Waals surface area (Å²) >= 11 is 6.12. The van der Waals surface area contributed by atoms with Gasteiger partial charge in [0, 0.05) is 26.7 Å². The number of hydrogen-bond acceptors (Lipinski definition) is 4. The van der Waals surface area contributed by atoms with Gasteiger partial charge in [-0.15, -0.1) is 0 Å². The van der Waals surface area contributed by atoms with Crippen LogP contribution in [0.4, 0.5) is 10.3 Å². The van der Waals surface area contributed by atoms with Crippen molar-refractivity contribution in [2.24, 2.45) is 0 Å². The van der Waals surface area contributed by atoms with E-state index in [9.17, 15) is 9.18 Å². The Kier molecular flexibility index (Phi) is 4.94. The van der Waals surface area contributed by atoms with Crippen LogP contribution in [0.5, 0.6) is 0 Å². The molecule has 1 aliphatic heterocycles. The van der Waals surface area contributed by atoms with E-state index in [1.165, 1.54) is 23.2 Å². The summed E-state index contributed by atoms with van der Waals surface area (Å²) in [5, 5.41) is 0.217. The first kappa shape index (κ1) is 16.6. The summed E-state index contributed by atoms with van der Waals surface area (Å²) in [7, 11) is 1.64. The molecule has 1 saturated heterocycles. The summed E-state index contributed by atoms with van der Waals surface area (Å²) in [4.78, 5) is 24.7. The molecule has 0 aliphatic carbocycles. The van der Waals surface area contributed by atoms with Crippen LogP contribution in [0.3, 0.4) is 0 Å². The van der Waals surface area contributed by atoms with E-state index in [2.05, 4.69) is 9.97 Å². The van der Waals surface area contributed by atoms with E-state index in [-0.39, 0.29) is 29.0 Å². The Bertz CT molecular complexity index is 749. The van der Waals surface area contributed by atoms with Crippen molar-refractivity contribution >= 4 is 23.5 Å². The van der Waals surface area contributed by atoms with Gasteiger partial charge >= 0.3 is 0 Å². The molecule has 1 aliphatic rings. The largest absolute Gasteiger partial charge is 0.341 e. The zero-order valence-electron chi connectivity index (χ0n) is 13.4. The van der Waals surface area contributed by atoms with Crippen LogP contribution in [0.15, 0.2) is 30.5 Å². The molecule has 0 radical (unpaired) electrons. The highest BCUT2D eigenvalue weighted by molar-refractivity contribution is 6.33. The van der Waals surface area contributed by atoms with Gasteiger partial charge in [-0.25, -0.2) is 14.4 Å². The van der Waals surface area contributed by atoms with E-state index in [0.29, 0.717) is 11.5 Å². The standard InChI is InChI=1S/C17H18ClFN4O/c1-22(11-12-5-4-6-13(19)9-12)16(24)15-14(18)10-20-17(21-15)23-7-2-3-8-23/h4-6,9-10H,2-3,7-8,11H2,1H3. The fourth-order valence-electron chi connectivity index (χ4n) is 2.74. The molecule has 1 fully saturated rings. The zero-order chi connectivity index (χ0) is 17.1. The maximum atomic E-state index is 13.3. The molecule has 0 N–H and O–H groups in total. The Balaban J connectivity index is 1.79. The zero-order valence-corrected chi connectivity index (χ0v) is 14.1. The lowest BCUT2D eigenvalue weighted by molar-refractivity contribution is 0.0779. The van der Waals surface area contributed by atoms with Crippen molar-refractivity contribution in [3.63, 3.8) is 0 Å². The predicted octanol–water partition coefficient (Wildman–Crippen LogP) is 3.14. The maximum absolute atomic E-state index is 13.3. The highest BCUT2D eigenvalue weighted by Gasteiger charge is 2.22. The second-order valence-electron chi connectivity index (χ2n) is 5.85. The monoisotopic (exact) mass is 348 g/mol. The number of aromatic nitrogens is 2. The molecule has 1 amide bonds. The number of carbonyl (C=O) groups is 1. The lowest BCUT2D eigenvalue weighted by Crippen LogP contribution is -2.29. The van der Waals surface area contributed by atoms with Crippen LogP contribution in [-0.4, -0.2) is 40.9 Å². The van der Waals surface area contributed by atoms with Crippen LogP contribution >= 0.6 is 11.6 Å². The lowest BCUT2D eigenvalue weighted by atomic mass is 10.2. The molecule has 0 atom stereocenters. The van der Waals surface area contributed by atoms with Gasteiger partial charge in [0.05, 0.1) is 11.2 Å². The number of nitrogens with zero attached hydrogens (tertiary/aromatic N) is 4. The summed E-state index contributed by atoms with van der Waals surface area (Å²) in [5.41, 5.74) is 0.878. The molecule has 0 bridgehead atoms. The molecule has 24 heavy (non-hydrogen) atoms. The van der Waals surface area contributed by atoms with Gasteiger partial charge in [-0.2, -0.15) is 0 Å². The normalized spacial score (nSPS) is 14.0. The van der Waals surface area contributed by atoms with Crippen molar-refractivity contribution < 1.29 is 9.18 Å². The number of carbonyl (C=O) groups excluding carboxylic acids is 1. The molecule has 126 valence electrons. The Labute approximate surface area is 145 Å². The van der Waals surface area contributed by atoms with Gasteiger partial charge < -0.3 is 9.80 Å². The smallest absolute Gasteiger partial charge is 0.274 e. The molecule has 5 nitrogen and oxygen atoms in total. The first-order chi connectivity index (χ1) is 11.5. The van der Waals surface area contributed by atoms with Crippen molar-refractivity contribution in [3.8, 4) is 0 Å². The molecular weight excluding hydrogens is 331 g/mol. The minimum atomic E-state index is -0.329. The number of amides is 1. The third kappa shape index (κ3) is 3.64. The Morgan fingerprint density at radius 1 is 1.38 bits per heavy atom. The molecule has 7 heteroatoms. The van der Waals surface area contributed by atoms with Gasteiger partial charge in [-0.1, -0.05) is 23.7 Å². The quantitative estimate of drug-likeness (QED) is 0.851. The van der Waals surface area contributed by atoms with Crippen LogP contribution < -0.4 is 4.90 Å². The van der Waals surface area contributed by atoms with Crippen molar-refractivity contribution in [1.82, 2.24) is 14.9 Å². The summed E-state index contributed by atoms with van der Waals surface area (Å²) in [6.07, 6.45) is 3.65. The number of halogens is 2. The molecule has 1 aromatic heterocycles. The summed E-state index contributed by atoms with van der Waals surface area (Å²) in [6.45, 7) is 2.04. The van der Waals surface area contributed by atoms with E-state index in [0.717, 1.165) is 25.9 Å². The molecule has 2 aromatic rings. The van der Waals surface area contributed by atoms with Crippen LogP contribution in [0.2, 0.25) is 5.02 Å². The van der Waals surface area contributed by atoms with Crippen molar-refractivity contribution in [2.75, 3.05) is 25.0 Å². The number of anilines is 1. The Hall–Kier alpha value is -2.21. The van der Waals surface area contributed by atoms with E-state index >= 15 is 0 Å². The van der Waals surface area contributed by atoms with Gasteiger partial charge in [0.1, 0.15) is 5.82 Å². The van der Waals surface area contributed by atoms with Crippen LogP contribution in [-0.2, 0) is 6.54 Å². The highest BCUT2D eigenvalue weighted by atomic mass is 35.5. The fraction of sp³-hybridized carbons (Fsp3) is 0.353. The van der Waals surface area contributed by atoms with E-state index < -0.39 is 0 Å². The first-order valence-corrected chi connectivity index (χ1v) is 8.20. The number of rotatable bonds is 4. The predicted molar refractivity (Wildman–Crippen MR) is 90.7 cm³/mol. The SMILES string of the molecule is CN(Cc1cccc(F)c1)C(=O)c1nc(N2CCCC2)ncc1Cl. The molecule has 3 rings (SSSR count). The van der Waals surface area contributed by atoms with Gasteiger partial charge in [0.15, 0.2) is 5.69 Å². The number of hydrogen-bond donors (Lipinski definition) is 0. The van der Waals surface area contributed by atoms with E-state index in [1.54, 1.807) is 19.2 Å². The maximum Gasteiger partial charge on any atom is 0.274 e. The minimum absolute atomic E-state index is 0.174. The molecule has 0 saturated carbocycles. The lowest BCUT2D eigenvalue weighted by Gasteiger charge is -2.19. The summed E-state index contributed by atoms with van der Waals surface area (Å²) in [5.74, 6) is -0.115. The molecule has 2 heterocycles. The van der Waals surface area contributed by atoms with E-state index in [1.807, 2.05) is 4.90 Å². The van der Waals surface area contributed by atoms with Gasteiger partial charge in [-0.05, 0) is 30.5 Å². The van der Waals surface area contributed by atoms with Gasteiger partial charge in [0.25, 0.3) is 5.91 Å². The second kappa shape index (κ2) is 7.13. The number of benzene rings is 1. The molecular formula is C17H18ClFN4O. The topological polar surface area (TPSA) is 49.3 Å². The van der Waals surface area contributed by atoms with Crippen molar-refractivity contribution in [2.45, 2.75) is 19.4 Å². The Morgan fingerprint density at radius 2 is 2.12 bits per heavy atom. The Morgan fingerprint density at radius 3 is 2.83 bits per heavy atom. The molecule has 0 spiro atoms. The average molecular weight is 349 g/mol. The molecule has 1 aromatic carbocycles. The van der Waals surface area contributed by atoms with Gasteiger partial charge in [0.2, 0.25) is 5.95 Å². The minimum Gasteiger partial charge on any atom is -0.341 e. The van der Waals surface area contributed by atoms with Gasteiger partial charge in [-0.3, -0.25) is 4.79 Å². The third-order valence-electron chi connectivity index (χ3n) is 3.98. The summed E-state index contributed by atoms with van der Waals surface area (Å²) < 4.78 is 13.3. The van der Waals surface area contributed by atoms with E-state index in [4.69, 9.17) is 11.6 Å². The third-order valence-corrected chi connectivity index (χ3v) is 4.25. The van der Waals surface area contributed by atoms with Crippen LogP contribution in [0.1, 0.15) is 28.9 Å². The van der Waals surface area contributed by atoms with Crippen molar-refractivity contribution in [1.29, 1.82) is 0 Å². The van der Waals surface area contributed by atoms with Crippen molar-refractivity contribution in [3.05, 3.63) is 52.6 Å². The first-order valence-electron chi connectivity index (χ1n) is 7.82. The summed E-state index contributed by atoms with van der Waals surface area (Å²) in [6, 6.07) is 6.16. The fourth-order valence-corrected chi connectivity index (χ4v) is 2.91.